The first kappa shape index (κ1) is 10.5. The monoisotopic (exact) mass is 206 g/mol. The fourth-order valence-electron chi connectivity index (χ4n) is 2.64. The lowest BCUT2D eigenvalue weighted by molar-refractivity contribution is -0.136. The molecule has 0 aliphatic heterocycles. The number of esters is 1. The minimum absolute atomic E-state index is 0.138. The molecule has 0 unspecified atom stereocenters. The third kappa shape index (κ3) is 2.14. The van der Waals surface area contributed by atoms with Crippen LogP contribution < -0.4 is 0 Å². The summed E-state index contributed by atoms with van der Waals surface area (Å²) in [5.41, 5.74) is 2.14. The predicted molar refractivity (Wildman–Crippen MR) is 59.4 cm³/mol. The van der Waals surface area contributed by atoms with Crippen molar-refractivity contribution in [3.63, 3.8) is 0 Å². The van der Waals surface area contributed by atoms with Crippen LogP contribution in [0.15, 0.2) is 23.3 Å². The maximum atomic E-state index is 11.5. The van der Waals surface area contributed by atoms with Crippen molar-refractivity contribution in [3.05, 3.63) is 23.3 Å². The number of carbonyl (C=O) groups excluding carboxylic acids is 1. The Morgan fingerprint density at radius 3 is 2.73 bits per heavy atom. The van der Waals surface area contributed by atoms with Gasteiger partial charge in [-0.3, -0.25) is 0 Å². The van der Waals surface area contributed by atoms with Crippen LogP contribution in [0.1, 0.15) is 38.5 Å². The Hall–Kier alpha value is -1.05. The van der Waals surface area contributed by atoms with Crippen molar-refractivity contribution >= 4 is 5.97 Å². The number of rotatable bonds is 2. The molecule has 0 aromatic heterocycles. The summed E-state index contributed by atoms with van der Waals surface area (Å²) < 4.78 is 4.82. The van der Waals surface area contributed by atoms with Crippen LogP contribution in [0.2, 0.25) is 0 Å². The van der Waals surface area contributed by atoms with Gasteiger partial charge in [0.05, 0.1) is 7.11 Å². The van der Waals surface area contributed by atoms with Gasteiger partial charge in [0.15, 0.2) is 0 Å². The molecular formula is C13H18O2. The van der Waals surface area contributed by atoms with E-state index in [0.29, 0.717) is 5.92 Å². The second kappa shape index (κ2) is 4.65. The van der Waals surface area contributed by atoms with E-state index in [4.69, 9.17) is 4.74 Å². The van der Waals surface area contributed by atoms with E-state index in [1.807, 2.05) is 0 Å². The highest BCUT2D eigenvalue weighted by Gasteiger charge is 2.24. The van der Waals surface area contributed by atoms with E-state index in [0.717, 1.165) is 12.0 Å². The highest BCUT2D eigenvalue weighted by molar-refractivity contribution is 5.91. The second-order valence-electron chi connectivity index (χ2n) is 4.37. The van der Waals surface area contributed by atoms with E-state index in [2.05, 4.69) is 12.2 Å². The van der Waals surface area contributed by atoms with Gasteiger partial charge in [0.2, 0.25) is 0 Å². The summed E-state index contributed by atoms with van der Waals surface area (Å²) in [6.07, 6.45) is 11.4. The van der Waals surface area contributed by atoms with Gasteiger partial charge in [-0.1, -0.05) is 31.4 Å². The van der Waals surface area contributed by atoms with E-state index >= 15 is 0 Å². The third-order valence-corrected chi connectivity index (χ3v) is 3.44. The number of hydrogen-bond donors (Lipinski definition) is 0. The highest BCUT2D eigenvalue weighted by Crippen LogP contribution is 2.35. The van der Waals surface area contributed by atoms with Crippen LogP contribution in [0.5, 0.6) is 0 Å². The van der Waals surface area contributed by atoms with Crippen LogP contribution >= 0.6 is 0 Å². The molecule has 2 aliphatic carbocycles. The van der Waals surface area contributed by atoms with Gasteiger partial charge < -0.3 is 4.74 Å². The summed E-state index contributed by atoms with van der Waals surface area (Å²) in [5, 5.41) is 0. The first-order chi connectivity index (χ1) is 7.33. The van der Waals surface area contributed by atoms with Crippen LogP contribution in [-0.2, 0) is 9.53 Å². The SMILES string of the molecule is COC(=O)C1=C(C2CCCCC2)C=CC1. The number of hydrogen-bond acceptors (Lipinski definition) is 2. The molecule has 0 bridgehead atoms. The molecule has 0 amide bonds. The maximum absolute atomic E-state index is 11.5. The molecule has 82 valence electrons. The van der Waals surface area contributed by atoms with E-state index in [9.17, 15) is 4.79 Å². The molecule has 15 heavy (non-hydrogen) atoms. The number of allylic oxidation sites excluding steroid dienone is 3. The smallest absolute Gasteiger partial charge is 0.334 e. The third-order valence-electron chi connectivity index (χ3n) is 3.44. The molecule has 0 heterocycles. The summed E-state index contributed by atoms with van der Waals surface area (Å²) in [6, 6.07) is 0. The van der Waals surface area contributed by atoms with Crippen LogP contribution in [0.4, 0.5) is 0 Å². The van der Waals surface area contributed by atoms with Crippen molar-refractivity contribution in [2.45, 2.75) is 38.5 Å². The van der Waals surface area contributed by atoms with E-state index in [1.54, 1.807) is 0 Å². The molecule has 0 aromatic rings. The van der Waals surface area contributed by atoms with Crippen molar-refractivity contribution in [1.82, 2.24) is 0 Å². The van der Waals surface area contributed by atoms with Gasteiger partial charge in [-0.05, 0) is 30.8 Å². The Morgan fingerprint density at radius 2 is 2.07 bits per heavy atom. The van der Waals surface area contributed by atoms with Gasteiger partial charge in [0.25, 0.3) is 0 Å². The molecule has 0 aromatic carbocycles. The molecule has 0 atom stereocenters. The molecule has 1 saturated carbocycles. The van der Waals surface area contributed by atoms with Crippen LogP contribution in [0, 0.1) is 5.92 Å². The standard InChI is InChI=1S/C13H18O2/c1-15-13(14)12-9-5-8-11(12)10-6-3-2-4-7-10/h5,8,10H,2-4,6-7,9H2,1H3. The lowest BCUT2D eigenvalue weighted by Gasteiger charge is -2.23. The lowest BCUT2D eigenvalue weighted by atomic mass is 9.82. The molecule has 0 saturated heterocycles. The summed E-state index contributed by atoms with van der Waals surface area (Å²) in [5.74, 6) is 0.465. The number of ether oxygens (including phenoxy) is 1. The van der Waals surface area contributed by atoms with Crippen LogP contribution in [0.3, 0.4) is 0 Å². The van der Waals surface area contributed by atoms with Crippen molar-refractivity contribution < 1.29 is 9.53 Å². The fourth-order valence-corrected chi connectivity index (χ4v) is 2.64. The molecule has 0 N–H and O–H groups in total. The lowest BCUT2D eigenvalue weighted by Crippen LogP contribution is -2.12. The van der Waals surface area contributed by atoms with E-state index in [-0.39, 0.29) is 5.97 Å². The van der Waals surface area contributed by atoms with Crippen LogP contribution in [0.25, 0.3) is 0 Å². The highest BCUT2D eigenvalue weighted by atomic mass is 16.5. The van der Waals surface area contributed by atoms with Gasteiger partial charge >= 0.3 is 5.97 Å². The summed E-state index contributed by atoms with van der Waals surface area (Å²) in [4.78, 5) is 11.5. The first-order valence-electron chi connectivity index (χ1n) is 5.81. The molecule has 0 radical (unpaired) electrons. The summed E-state index contributed by atoms with van der Waals surface area (Å²) in [6.45, 7) is 0. The van der Waals surface area contributed by atoms with E-state index in [1.165, 1.54) is 44.8 Å². The molecule has 2 rings (SSSR count). The zero-order valence-electron chi connectivity index (χ0n) is 9.29. The maximum Gasteiger partial charge on any atom is 0.334 e. The Balaban J connectivity index is 2.16. The Bertz CT molecular complexity index is 306. The quantitative estimate of drug-likeness (QED) is 0.649. The van der Waals surface area contributed by atoms with E-state index < -0.39 is 0 Å². The van der Waals surface area contributed by atoms with Crippen molar-refractivity contribution in [2.24, 2.45) is 5.92 Å². The second-order valence-corrected chi connectivity index (χ2v) is 4.37. The minimum Gasteiger partial charge on any atom is -0.466 e. The van der Waals surface area contributed by atoms with Gasteiger partial charge in [0.1, 0.15) is 0 Å². The average molecular weight is 206 g/mol. The number of methoxy groups -OCH3 is 1. The summed E-state index contributed by atoms with van der Waals surface area (Å²) in [7, 11) is 1.46. The normalized spacial score (nSPS) is 22.2. The minimum atomic E-state index is -0.138. The molecular weight excluding hydrogens is 188 g/mol. The predicted octanol–water partition coefficient (Wildman–Crippen LogP) is 3.00. The van der Waals surface area contributed by atoms with Crippen LogP contribution in [-0.4, -0.2) is 13.1 Å². The molecule has 2 aliphatic rings. The molecule has 0 spiro atoms. The Morgan fingerprint density at radius 1 is 1.33 bits per heavy atom. The van der Waals surface area contributed by atoms with Crippen molar-refractivity contribution in [2.75, 3.05) is 7.11 Å². The van der Waals surface area contributed by atoms with Crippen molar-refractivity contribution in [3.8, 4) is 0 Å². The van der Waals surface area contributed by atoms with Crippen molar-refractivity contribution in [1.29, 1.82) is 0 Å². The molecule has 2 nitrogen and oxygen atoms in total. The zero-order valence-corrected chi connectivity index (χ0v) is 9.29. The van der Waals surface area contributed by atoms with Gasteiger partial charge in [-0.25, -0.2) is 4.79 Å². The van der Waals surface area contributed by atoms with Gasteiger partial charge in [-0.2, -0.15) is 0 Å². The fraction of sp³-hybridized carbons (Fsp3) is 0.615. The zero-order chi connectivity index (χ0) is 10.7. The molecule has 2 heteroatoms. The topological polar surface area (TPSA) is 26.3 Å². The first-order valence-corrected chi connectivity index (χ1v) is 5.81. The average Bonchev–Trinajstić information content (AvgIpc) is 2.78. The van der Waals surface area contributed by atoms with Gasteiger partial charge in [0, 0.05) is 5.57 Å². The number of carbonyl (C=O) groups is 1. The summed E-state index contributed by atoms with van der Waals surface area (Å²) >= 11 is 0. The Kier molecular flexibility index (Phi) is 3.24. The van der Waals surface area contributed by atoms with Gasteiger partial charge in [-0.15, -0.1) is 0 Å². The Labute approximate surface area is 91.0 Å². The molecule has 1 fully saturated rings. The largest absolute Gasteiger partial charge is 0.466 e.